The number of aromatic nitrogens is 1. The summed E-state index contributed by atoms with van der Waals surface area (Å²) < 4.78 is 33.2. The van der Waals surface area contributed by atoms with Crippen LogP contribution in [0.25, 0.3) is 21.9 Å². The molecule has 1 amide bonds. The number of nitrogens with zero attached hydrogens (tertiary/aromatic N) is 1. The van der Waals surface area contributed by atoms with E-state index in [1.807, 2.05) is 42.5 Å². The fourth-order valence-electron chi connectivity index (χ4n) is 3.33. The van der Waals surface area contributed by atoms with Crippen molar-refractivity contribution in [1.82, 2.24) is 9.71 Å². The summed E-state index contributed by atoms with van der Waals surface area (Å²) in [6, 6.07) is 20.0. The van der Waals surface area contributed by atoms with Gasteiger partial charge in [-0.1, -0.05) is 36.4 Å². The van der Waals surface area contributed by atoms with Gasteiger partial charge in [0.15, 0.2) is 6.61 Å². The minimum atomic E-state index is -4.07. The molecule has 8 heteroatoms. The maximum absolute atomic E-state index is 12.8. The topological polar surface area (TPSA) is 85.4 Å². The lowest BCUT2D eigenvalue weighted by Crippen LogP contribution is -2.34. The van der Waals surface area contributed by atoms with Crippen molar-refractivity contribution in [3.8, 4) is 16.9 Å². The van der Waals surface area contributed by atoms with E-state index in [9.17, 15) is 13.2 Å². The zero-order valence-electron chi connectivity index (χ0n) is 17.3. The Hall–Kier alpha value is -3.28. The van der Waals surface area contributed by atoms with Gasteiger partial charge in [0.1, 0.15) is 5.75 Å². The molecule has 3 aromatic carbocycles. The number of fused-ring (bicyclic) bond motifs is 1. The molecule has 1 atom stereocenters. The van der Waals surface area contributed by atoms with Crippen molar-refractivity contribution in [2.24, 2.45) is 0 Å². The van der Waals surface area contributed by atoms with Crippen LogP contribution < -0.4 is 14.8 Å². The molecule has 1 unspecified atom stereocenters. The highest BCUT2D eigenvalue weighted by molar-refractivity contribution is 7.90. The van der Waals surface area contributed by atoms with Gasteiger partial charge in [-0.05, 0) is 64.5 Å². The summed E-state index contributed by atoms with van der Waals surface area (Å²) in [5.41, 5.74) is 2.22. The first-order chi connectivity index (χ1) is 15.3. The van der Waals surface area contributed by atoms with Crippen LogP contribution >= 0.6 is 9.24 Å². The van der Waals surface area contributed by atoms with Crippen LogP contribution in [0.3, 0.4) is 0 Å². The molecule has 1 heterocycles. The van der Waals surface area contributed by atoms with Gasteiger partial charge in [-0.25, -0.2) is 13.1 Å². The van der Waals surface area contributed by atoms with Crippen molar-refractivity contribution in [3.63, 3.8) is 0 Å². The van der Waals surface area contributed by atoms with E-state index in [2.05, 4.69) is 18.9 Å². The summed E-state index contributed by atoms with van der Waals surface area (Å²) in [5.74, 6) is -0.270. The molecule has 6 nitrogen and oxygen atoms in total. The SMILES string of the molecule is Cc1cc(-c2cncc(P)c2)cc(S(=O)(=O)NC(=O)COc2ccc3ccccc3c2)c1. The van der Waals surface area contributed by atoms with Crippen LogP contribution in [0.15, 0.2) is 84.0 Å². The average Bonchev–Trinajstić information content (AvgIpc) is 2.77. The largest absolute Gasteiger partial charge is 0.484 e. The molecule has 0 aliphatic rings. The Morgan fingerprint density at radius 2 is 1.75 bits per heavy atom. The van der Waals surface area contributed by atoms with Crippen molar-refractivity contribution >= 4 is 41.2 Å². The maximum Gasteiger partial charge on any atom is 0.271 e. The second-order valence-corrected chi connectivity index (χ2v) is 9.72. The monoisotopic (exact) mass is 464 g/mol. The van der Waals surface area contributed by atoms with Crippen LogP contribution in [-0.4, -0.2) is 25.9 Å². The fourth-order valence-corrected chi connectivity index (χ4v) is 4.69. The maximum atomic E-state index is 12.8. The number of pyridine rings is 1. The molecule has 0 bridgehead atoms. The molecular formula is C24H21N2O4PS. The molecule has 0 spiro atoms. The van der Waals surface area contributed by atoms with Crippen LogP contribution in [0.4, 0.5) is 0 Å². The van der Waals surface area contributed by atoms with E-state index in [0.717, 1.165) is 27.2 Å². The van der Waals surface area contributed by atoms with Crippen molar-refractivity contribution < 1.29 is 17.9 Å². The molecule has 0 aliphatic heterocycles. The van der Waals surface area contributed by atoms with Gasteiger partial charge in [0.2, 0.25) is 0 Å². The Morgan fingerprint density at radius 1 is 0.969 bits per heavy atom. The number of aryl methyl sites for hydroxylation is 1. The second kappa shape index (κ2) is 9.07. The zero-order chi connectivity index (χ0) is 22.7. The number of nitrogens with one attached hydrogen (secondary N) is 1. The van der Waals surface area contributed by atoms with E-state index < -0.39 is 22.5 Å². The van der Waals surface area contributed by atoms with Crippen LogP contribution in [0, 0.1) is 6.92 Å². The molecule has 162 valence electrons. The molecule has 32 heavy (non-hydrogen) atoms. The molecule has 1 aromatic heterocycles. The molecular weight excluding hydrogens is 443 g/mol. The number of carbonyl (C=O) groups excluding carboxylic acids is 1. The summed E-state index contributed by atoms with van der Waals surface area (Å²) in [6.45, 7) is 1.38. The van der Waals surface area contributed by atoms with E-state index >= 15 is 0 Å². The normalized spacial score (nSPS) is 11.3. The quantitative estimate of drug-likeness (QED) is 0.441. The molecule has 0 saturated heterocycles. The van der Waals surface area contributed by atoms with Gasteiger partial charge in [0.05, 0.1) is 4.90 Å². The van der Waals surface area contributed by atoms with Gasteiger partial charge >= 0.3 is 0 Å². The summed E-state index contributed by atoms with van der Waals surface area (Å²) in [4.78, 5) is 16.5. The Balaban J connectivity index is 1.49. The van der Waals surface area contributed by atoms with E-state index in [1.165, 1.54) is 12.1 Å². The smallest absolute Gasteiger partial charge is 0.271 e. The lowest BCUT2D eigenvalue weighted by Gasteiger charge is -2.11. The first-order valence-corrected chi connectivity index (χ1v) is 11.9. The molecule has 0 saturated carbocycles. The number of rotatable bonds is 6. The van der Waals surface area contributed by atoms with Gasteiger partial charge in [-0.3, -0.25) is 9.78 Å². The highest BCUT2D eigenvalue weighted by Gasteiger charge is 2.19. The molecule has 0 radical (unpaired) electrons. The van der Waals surface area contributed by atoms with Crippen molar-refractivity contribution in [1.29, 1.82) is 0 Å². The number of benzene rings is 3. The predicted octanol–water partition coefficient (Wildman–Crippen LogP) is 3.59. The third-order valence-electron chi connectivity index (χ3n) is 4.79. The Labute approximate surface area is 188 Å². The highest BCUT2D eigenvalue weighted by Crippen LogP contribution is 2.24. The first-order valence-electron chi connectivity index (χ1n) is 9.80. The van der Waals surface area contributed by atoms with Gasteiger partial charge < -0.3 is 4.74 Å². The Morgan fingerprint density at radius 3 is 2.53 bits per heavy atom. The number of ether oxygens (including phenoxy) is 1. The summed E-state index contributed by atoms with van der Waals surface area (Å²) in [7, 11) is -1.51. The van der Waals surface area contributed by atoms with Gasteiger partial charge in [0, 0.05) is 18.0 Å². The number of carbonyl (C=O) groups is 1. The van der Waals surface area contributed by atoms with Gasteiger partial charge in [-0.15, -0.1) is 9.24 Å². The fraction of sp³-hybridized carbons (Fsp3) is 0.0833. The highest BCUT2D eigenvalue weighted by atomic mass is 32.2. The van der Waals surface area contributed by atoms with E-state index in [1.54, 1.807) is 31.5 Å². The van der Waals surface area contributed by atoms with Crippen molar-refractivity contribution in [3.05, 3.63) is 84.7 Å². The predicted molar refractivity (Wildman–Crippen MR) is 129 cm³/mol. The lowest BCUT2D eigenvalue weighted by atomic mass is 10.1. The lowest BCUT2D eigenvalue weighted by molar-refractivity contribution is -0.121. The van der Waals surface area contributed by atoms with E-state index in [-0.39, 0.29) is 4.90 Å². The van der Waals surface area contributed by atoms with Crippen molar-refractivity contribution in [2.45, 2.75) is 11.8 Å². The van der Waals surface area contributed by atoms with Gasteiger partial charge in [0.25, 0.3) is 15.9 Å². The third kappa shape index (κ3) is 5.13. The number of sulfonamides is 1. The molecule has 0 fully saturated rings. The summed E-state index contributed by atoms with van der Waals surface area (Å²) >= 11 is 0. The van der Waals surface area contributed by atoms with Gasteiger partial charge in [-0.2, -0.15) is 0 Å². The molecule has 4 aromatic rings. The third-order valence-corrected chi connectivity index (χ3v) is 6.46. The van der Waals surface area contributed by atoms with E-state index in [0.29, 0.717) is 11.3 Å². The Bertz CT molecular complexity index is 1420. The number of amides is 1. The second-order valence-electron chi connectivity index (χ2n) is 7.37. The van der Waals surface area contributed by atoms with Crippen LogP contribution in [0.1, 0.15) is 5.56 Å². The number of hydrogen-bond donors (Lipinski definition) is 1. The standard InChI is InChI=1S/C24H21N2O4PS/c1-16-8-19(20-11-22(31)14-25-13-20)12-23(9-16)32(28,29)26-24(27)15-30-21-7-6-17-4-2-3-5-18(17)10-21/h2-14H,15,31H2,1H3,(H,26,27). The van der Waals surface area contributed by atoms with E-state index in [4.69, 9.17) is 4.74 Å². The number of hydrogen-bond acceptors (Lipinski definition) is 5. The van der Waals surface area contributed by atoms with Crippen LogP contribution in [0.2, 0.25) is 0 Å². The minimum absolute atomic E-state index is 0.000661. The zero-order valence-corrected chi connectivity index (χ0v) is 19.2. The first kappa shape index (κ1) is 21.9. The minimum Gasteiger partial charge on any atom is -0.484 e. The van der Waals surface area contributed by atoms with Crippen LogP contribution in [0.5, 0.6) is 5.75 Å². The summed E-state index contributed by atoms with van der Waals surface area (Å²) in [5, 5.41) is 2.89. The van der Waals surface area contributed by atoms with Crippen LogP contribution in [-0.2, 0) is 14.8 Å². The molecule has 0 aliphatic carbocycles. The van der Waals surface area contributed by atoms with Crippen molar-refractivity contribution in [2.75, 3.05) is 6.61 Å². The average molecular weight is 464 g/mol. The molecule has 1 N–H and O–H groups in total. The Kier molecular flexibility index (Phi) is 6.21. The summed E-state index contributed by atoms with van der Waals surface area (Å²) in [6.07, 6.45) is 3.35. The molecule has 4 rings (SSSR count).